The van der Waals surface area contributed by atoms with Crippen molar-refractivity contribution in [3.8, 4) is 5.88 Å². The molecule has 0 aliphatic heterocycles. The molecule has 10 heteroatoms. The molecule has 1 heterocycles. The van der Waals surface area contributed by atoms with Gasteiger partial charge in [0.05, 0.1) is 12.6 Å². The summed E-state index contributed by atoms with van der Waals surface area (Å²) < 4.78 is 5.94. The minimum absolute atomic E-state index is 0.0315. The van der Waals surface area contributed by atoms with Gasteiger partial charge in [-0.2, -0.15) is 0 Å². The number of azo groups is 1. The molecule has 0 saturated heterocycles. The monoisotopic (exact) mass is 428 g/mol. The van der Waals surface area contributed by atoms with E-state index < -0.39 is 24.3 Å². The highest BCUT2D eigenvalue weighted by Gasteiger charge is 2.19. The number of methoxy groups -OCH3 is 1. The lowest BCUT2D eigenvalue weighted by Gasteiger charge is -2.04. The van der Waals surface area contributed by atoms with E-state index in [1.165, 1.54) is 17.7 Å². The van der Waals surface area contributed by atoms with Crippen LogP contribution >= 0.6 is 11.6 Å². The maximum absolute atomic E-state index is 12.1. The average Bonchev–Trinajstić information content (AvgIpc) is 3.01. The number of hydrogen-bond acceptors (Lipinski definition) is 6. The molecule has 0 spiro atoms. The molecule has 3 aromatic rings. The number of carbonyl (C=O) groups is 3. The van der Waals surface area contributed by atoms with E-state index in [1.54, 1.807) is 42.5 Å². The molecular weight excluding hydrogens is 412 g/mol. The van der Waals surface area contributed by atoms with E-state index in [2.05, 4.69) is 20.3 Å². The smallest absolute Gasteiger partial charge is 0.325 e. The molecule has 3 rings (SSSR count). The van der Waals surface area contributed by atoms with E-state index in [4.69, 9.17) is 11.6 Å². The van der Waals surface area contributed by atoms with Gasteiger partial charge in [0, 0.05) is 16.0 Å². The van der Waals surface area contributed by atoms with Gasteiger partial charge in [-0.05, 0) is 24.3 Å². The summed E-state index contributed by atoms with van der Waals surface area (Å²) in [6.07, 6.45) is 0. The van der Waals surface area contributed by atoms with E-state index in [1.807, 2.05) is 0 Å². The number of hydrogen-bond donors (Lipinski definition) is 2. The maximum atomic E-state index is 12.1. The third kappa shape index (κ3) is 4.64. The molecule has 154 valence electrons. The van der Waals surface area contributed by atoms with Gasteiger partial charge in [0.1, 0.15) is 13.1 Å². The number of carbonyl (C=O) groups excluding carboxylic acids is 3. The summed E-state index contributed by atoms with van der Waals surface area (Å²) in [6, 6.07) is 13.1. The molecule has 9 nitrogen and oxygen atoms in total. The molecular formula is C20H17ClN4O5. The van der Waals surface area contributed by atoms with E-state index in [0.29, 0.717) is 21.5 Å². The fourth-order valence-corrected chi connectivity index (χ4v) is 2.94. The zero-order chi connectivity index (χ0) is 21.7. The van der Waals surface area contributed by atoms with Crippen molar-refractivity contribution >= 4 is 46.0 Å². The molecule has 1 aromatic heterocycles. The van der Waals surface area contributed by atoms with Crippen LogP contribution in [0.15, 0.2) is 58.8 Å². The Morgan fingerprint density at radius 3 is 2.67 bits per heavy atom. The first kappa shape index (κ1) is 21.0. The number of rotatable bonds is 6. The van der Waals surface area contributed by atoms with E-state index >= 15 is 0 Å². The third-order valence-electron chi connectivity index (χ3n) is 4.18. The Kier molecular flexibility index (Phi) is 6.43. The first-order valence-electron chi connectivity index (χ1n) is 8.76. The van der Waals surface area contributed by atoms with Crippen LogP contribution in [-0.4, -0.2) is 41.1 Å². The highest BCUT2D eigenvalue weighted by atomic mass is 35.5. The average molecular weight is 429 g/mol. The second kappa shape index (κ2) is 9.19. The fourth-order valence-electron chi connectivity index (χ4n) is 2.75. The molecule has 0 atom stereocenters. The molecule has 0 bridgehead atoms. The van der Waals surface area contributed by atoms with Crippen LogP contribution in [-0.2, 0) is 20.9 Å². The summed E-state index contributed by atoms with van der Waals surface area (Å²) in [5.41, 5.74) is 0.857. The van der Waals surface area contributed by atoms with Crippen molar-refractivity contribution in [1.29, 1.82) is 0 Å². The van der Waals surface area contributed by atoms with Gasteiger partial charge in [0.2, 0.25) is 5.88 Å². The zero-order valence-electron chi connectivity index (χ0n) is 15.8. The Labute approximate surface area is 175 Å². The fraction of sp³-hybridized carbons (Fsp3) is 0.150. The molecule has 0 radical (unpaired) electrons. The minimum Gasteiger partial charge on any atom is -0.493 e. The third-order valence-corrected chi connectivity index (χ3v) is 4.42. The minimum atomic E-state index is -0.727. The Balaban J connectivity index is 1.75. The number of halogens is 1. The van der Waals surface area contributed by atoms with Crippen LogP contribution < -0.4 is 5.32 Å². The van der Waals surface area contributed by atoms with Crippen molar-refractivity contribution in [2.24, 2.45) is 10.2 Å². The van der Waals surface area contributed by atoms with Crippen molar-refractivity contribution in [1.82, 2.24) is 9.88 Å². The molecule has 0 unspecified atom stereocenters. The molecule has 2 aromatic carbocycles. The van der Waals surface area contributed by atoms with Crippen LogP contribution in [0.2, 0.25) is 5.02 Å². The lowest BCUT2D eigenvalue weighted by Crippen LogP contribution is -2.28. The van der Waals surface area contributed by atoms with Gasteiger partial charge in [0.25, 0.3) is 11.8 Å². The van der Waals surface area contributed by atoms with Gasteiger partial charge in [-0.1, -0.05) is 35.9 Å². The first-order valence-corrected chi connectivity index (χ1v) is 9.14. The van der Waals surface area contributed by atoms with E-state index in [9.17, 15) is 19.5 Å². The van der Waals surface area contributed by atoms with Crippen LogP contribution in [0.3, 0.4) is 0 Å². The number of aromatic hydroxyl groups is 1. The number of nitrogens with zero attached hydrogens (tertiary/aromatic N) is 3. The molecule has 0 aliphatic carbocycles. The van der Waals surface area contributed by atoms with Crippen molar-refractivity contribution in [2.45, 2.75) is 6.54 Å². The summed E-state index contributed by atoms with van der Waals surface area (Å²) in [5, 5.41) is 21.2. The Morgan fingerprint density at radius 2 is 1.93 bits per heavy atom. The van der Waals surface area contributed by atoms with Gasteiger partial charge in [0.15, 0.2) is 5.69 Å². The number of amides is 2. The lowest BCUT2D eigenvalue weighted by molar-refractivity contribution is -0.141. The van der Waals surface area contributed by atoms with Crippen LogP contribution in [0.1, 0.15) is 10.4 Å². The van der Waals surface area contributed by atoms with Crippen molar-refractivity contribution in [3.05, 3.63) is 59.1 Å². The standard InChI is InChI=1S/C20H17ClN4O5/c1-30-17(27)11-25-15-8-3-2-7-14(15)18(20(25)29)24-23-16(26)10-22-19(28)12-5-4-6-13(21)9-12/h2-9,29H,10-11H2,1H3,(H,22,28). The summed E-state index contributed by atoms with van der Waals surface area (Å²) in [4.78, 5) is 35.7. The summed E-state index contributed by atoms with van der Waals surface area (Å²) in [7, 11) is 1.24. The first-order chi connectivity index (χ1) is 14.4. The molecule has 0 fully saturated rings. The van der Waals surface area contributed by atoms with Gasteiger partial charge < -0.3 is 15.2 Å². The van der Waals surface area contributed by atoms with Gasteiger partial charge in [-0.15, -0.1) is 10.2 Å². The van der Waals surface area contributed by atoms with Crippen LogP contribution in [0.25, 0.3) is 10.9 Å². The van der Waals surface area contributed by atoms with Crippen LogP contribution in [0, 0.1) is 0 Å². The zero-order valence-corrected chi connectivity index (χ0v) is 16.6. The Hall–Kier alpha value is -3.72. The summed E-state index contributed by atoms with van der Waals surface area (Å²) in [5.74, 6) is -2.11. The SMILES string of the molecule is COC(=O)Cn1c(O)c(N=NC(=O)CNC(=O)c2cccc(Cl)c2)c2ccccc21. The number of fused-ring (bicyclic) bond motifs is 1. The van der Waals surface area contributed by atoms with Gasteiger partial charge in [-0.3, -0.25) is 19.0 Å². The Morgan fingerprint density at radius 1 is 1.17 bits per heavy atom. The van der Waals surface area contributed by atoms with Gasteiger partial charge in [-0.25, -0.2) is 0 Å². The van der Waals surface area contributed by atoms with Crippen molar-refractivity contribution in [2.75, 3.05) is 13.7 Å². The number of aromatic nitrogens is 1. The largest absolute Gasteiger partial charge is 0.493 e. The molecule has 2 amide bonds. The van der Waals surface area contributed by atoms with Crippen molar-refractivity contribution < 1.29 is 24.2 Å². The predicted molar refractivity (Wildman–Crippen MR) is 109 cm³/mol. The highest BCUT2D eigenvalue weighted by molar-refractivity contribution is 6.31. The Bertz CT molecular complexity index is 1160. The predicted octanol–water partition coefficient (Wildman–Crippen LogP) is 3.21. The molecule has 2 N–H and O–H groups in total. The summed E-state index contributed by atoms with van der Waals surface area (Å²) >= 11 is 5.84. The molecule has 0 aliphatic rings. The van der Waals surface area contributed by atoms with Crippen molar-refractivity contribution in [3.63, 3.8) is 0 Å². The van der Waals surface area contributed by atoms with E-state index in [0.717, 1.165) is 0 Å². The number of nitrogens with one attached hydrogen (secondary N) is 1. The summed E-state index contributed by atoms with van der Waals surface area (Å²) in [6.45, 7) is -0.627. The number of ether oxygens (including phenoxy) is 1. The topological polar surface area (TPSA) is 122 Å². The van der Waals surface area contributed by atoms with Crippen LogP contribution in [0.5, 0.6) is 5.88 Å². The lowest BCUT2D eigenvalue weighted by atomic mass is 10.2. The van der Waals surface area contributed by atoms with E-state index in [-0.39, 0.29) is 18.1 Å². The highest BCUT2D eigenvalue weighted by Crippen LogP contribution is 2.38. The molecule has 30 heavy (non-hydrogen) atoms. The molecule has 0 saturated carbocycles. The number of esters is 1. The van der Waals surface area contributed by atoms with Gasteiger partial charge >= 0.3 is 5.97 Å². The quantitative estimate of drug-likeness (QED) is 0.461. The normalized spacial score (nSPS) is 11.0. The number of para-hydroxylation sites is 1. The maximum Gasteiger partial charge on any atom is 0.325 e. The second-order valence-electron chi connectivity index (χ2n) is 6.14. The number of benzene rings is 2. The second-order valence-corrected chi connectivity index (χ2v) is 6.57. The van der Waals surface area contributed by atoms with Crippen LogP contribution in [0.4, 0.5) is 5.69 Å².